The number of hydrogen-bond donors (Lipinski definition) is 1. The van der Waals surface area contributed by atoms with Crippen LogP contribution in [0, 0.1) is 0 Å². The number of nitrogens with zero attached hydrogens (tertiary/aromatic N) is 2. The summed E-state index contributed by atoms with van der Waals surface area (Å²) in [7, 11) is 0. The molecule has 2 heterocycles. The van der Waals surface area contributed by atoms with Gasteiger partial charge in [0.2, 0.25) is 0 Å². The van der Waals surface area contributed by atoms with E-state index >= 15 is 0 Å². The van der Waals surface area contributed by atoms with Crippen LogP contribution in [0.4, 0.5) is 0 Å². The van der Waals surface area contributed by atoms with Crippen LogP contribution in [0.1, 0.15) is 32.4 Å². The molecule has 1 atom stereocenters. The van der Waals surface area contributed by atoms with E-state index in [-0.39, 0.29) is 10.5 Å². The molecule has 1 aromatic heterocycles. The Morgan fingerprint density at radius 1 is 1.68 bits per heavy atom. The molecule has 0 bridgehead atoms. The van der Waals surface area contributed by atoms with E-state index in [0.29, 0.717) is 0 Å². The molecule has 106 valence electrons. The van der Waals surface area contributed by atoms with Gasteiger partial charge in [0.1, 0.15) is 0 Å². The number of thioether (sulfide) groups is 2. The van der Waals surface area contributed by atoms with Gasteiger partial charge >= 0.3 is 5.97 Å². The van der Waals surface area contributed by atoms with Crippen LogP contribution in [0.5, 0.6) is 0 Å². The molecule has 4 nitrogen and oxygen atoms in total. The van der Waals surface area contributed by atoms with Crippen LogP contribution >= 0.6 is 23.5 Å². The lowest BCUT2D eigenvalue weighted by molar-refractivity contribution is -0.133. The van der Waals surface area contributed by atoms with Crippen molar-refractivity contribution in [3.8, 4) is 0 Å². The molecule has 0 radical (unpaired) electrons. The second-order valence-electron chi connectivity index (χ2n) is 5.06. The Bertz CT molecular complexity index is 453. The number of aliphatic carboxylic acids is 1. The van der Waals surface area contributed by atoms with Crippen molar-refractivity contribution in [3.05, 3.63) is 11.9 Å². The van der Waals surface area contributed by atoms with Gasteiger partial charge in [0.05, 0.1) is 5.75 Å². The van der Waals surface area contributed by atoms with Gasteiger partial charge in [-0.1, -0.05) is 18.7 Å². The van der Waals surface area contributed by atoms with Gasteiger partial charge in [0, 0.05) is 23.2 Å². The molecule has 19 heavy (non-hydrogen) atoms. The lowest BCUT2D eigenvalue weighted by Crippen LogP contribution is -2.25. The number of aromatic nitrogens is 2. The van der Waals surface area contributed by atoms with Crippen LogP contribution in [0.15, 0.2) is 11.4 Å². The van der Waals surface area contributed by atoms with Gasteiger partial charge in [-0.25, -0.2) is 4.98 Å². The predicted octanol–water partition coefficient (Wildman–Crippen LogP) is 2.91. The smallest absolute Gasteiger partial charge is 0.313 e. The molecule has 6 heteroatoms. The third-order valence-electron chi connectivity index (χ3n) is 3.38. The molecular weight excluding hydrogens is 280 g/mol. The van der Waals surface area contributed by atoms with Crippen molar-refractivity contribution in [1.82, 2.24) is 9.55 Å². The number of carbonyl (C=O) groups is 1. The quantitative estimate of drug-likeness (QED) is 0.819. The lowest BCUT2D eigenvalue weighted by Gasteiger charge is -2.25. The summed E-state index contributed by atoms with van der Waals surface area (Å²) in [6.45, 7) is 5.35. The molecule has 1 aliphatic rings. The minimum absolute atomic E-state index is 0.0734. The number of carboxylic acid groups (broad SMARTS) is 1. The van der Waals surface area contributed by atoms with Crippen LogP contribution in [-0.4, -0.2) is 36.9 Å². The highest BCUT2D eigenvalue weighted by atomic mass is 32.2. The van der Waals surface area contributed by atoms with Crippen molar-refractivity contribution in [2.24, 2.45) is 0 Å². The summed E-state index contributed by atoms with van der Waals surface area (Å²) < 4.78 is 2.48. The minimum Gasteiger partial charge on any atom is -0.481 e. The summed E-state index contributed by atoms with van der Waals surface area (Å²) in [6.07, 6.45) is 5.31. The molecule has 1 saturated heterocycles. The fraction of sp³-hybridized carbons (Fsp3) is 0.692. The maximum atomic E-state index is 10.7. The average molecular weight is 300 g/mol. The van der Waals surface area contributed by atoms with Gasteiger partial charge < -0.3 is 9.67 Å². The third-order valence-corrected chi connectivity index (χ3v) is 5.88. The Kier molecular flexibility index (Phi) is 4.84. The standard InChI is InChI=1S/C13H20N2O2S2/c1-3-10-7-14-12(18-8-11(16)17)15(10)9-13(2)5-4-6-19-13/h7H,3-6,8-9H2,1-2H3,(H,16,17). The van der Waals surface area contributed by atoms with E-state index in [9.17, 15) is 4.79 Å². The summed E-state index contributed by atoms with van der Waals surface area (Å²) in [5.74, 6) is 0.507. The summed E-state index contributed by atoms with van der Waals surface area (Å²) in [4.78, 5) is 15.1. The van der Waals surface area contributed by atoms with Crippen molar-refractivity contribution >= 4 is 29.5 Å². The van der Waals surface area contributed by atoms with Gasteiger partial charge in [-0.3, -0.25) is 4.79 Å². The molecule has 1 unspecified atom stereocenters. The van der Waals surface area contributed by atoms with Crippen LogP contribution in [0.25, 0.3) is 0 Å². The maximum absolute atomic E-state index is 10.7. The van der Waals surface area contributed by atoms with Gasteiger partial charge in [0.25, 0.3) is 0 Å². The van der Waals surface area contributed by atoms with Gasteiger partial charge in [-0.15, -0.1) is 0 Å². The van der Waals surface area contributed by atoms with Crippen LogP contribution < -0.4 is 0 Å². The SMILES string of the molecule is CCc1cnc(SCC(=O)O)n1CC1(C)CCCS1. The Labute approximate surface area is 122 Å². The predicted molar refractivity (Wildman–Crippen MR) is 80.1 cm³/mol. The first kappa shape index (κ1) is 14.8. The van der Waals surface area contributed by atoms with E-state index in [0.717, 1.165) is 18.1 Å². The minimum atomic E-state index is -0.793. The van der Waals surface area contributed by atoms with Gasteiger partial charge in [0.15, 0.2) is 5.16 Å². The number of imidazole rings is 1. The number of rotatable bonds is 6. The average Bonchev–Trinajstić information content (AvgIpc) is 2.94. The monoisotopic (exact) mass is 300 g/mol. The van der Waals surface area contributed by atoms with E-state index in [1.807, 2.05) is 18.0 Å². The van der Waals surface area contributed by atoms with Crippen LogP contribution in [0.3, 0.4) is 0 Å². The third kappa shape index (κ3) is 3.69. The van der Waals surface area contributed by atoms with E-state index < -0.39 is 5.97 Å². The van der Waals surface area contributed by atoms with Crippen LogP contribution in [0.2, 0.25) is 0 Å². The normalized spacial score (nSPS) is 22.8. The fourth-order valence-electron chi connectivity index (χ4n) is 2.38. The van der Waals surface area contributed by atoms with Crippen molar-refractivity contribution in [2.45, 2.75) is 49.6 Å². The number of aryl methyl sites for hydroxylation is 1. The molecule has 0 amide bonds. The Hall–Kier alpha value is -0.620. The fourth-order valence-corrected chi connectivity index (χ4v) is 4.39. The zero-order chi connectivity index (χ0) is 13.9. The van der Waals surface area contributed by atoms with Crippen LogP contribution in [-0.2, 0) is 17.8 Å². The zero-order valence-electron chi connectivity index (χ0n) is 11.4. The largest absolute Gasteiger partial charge is 0.481 e. The molecule has 0 aromatic carbocycles. The van der Waals surface area contributed by atoms with E-state index in [1.54, 1.807) is 0 Å². The Morgan fingerprint density at radius 3 is 3.05 bits per heavy atom. The number of hydrogen-bond acceptors (Lipinski definition) is 4. The molecule has 0 spiro atoms. The highest BCUT2D eigenvalue weighted by Crippen LogP contribution is 2.40. The molecule has 1 N–H and O–H groups in total. The lowest BCUT2D eigenvalue weighted by atomic mass is 10.1. The topological polar surface area (TPSA) is 55.1 Å². The molecular formula is C13H20N2O2S2. The molecule has 1 aliphatic heterocycles. The van der Waals surface area contributed by atoms with Gasteiger partial charge in [-0.2, -0.15) is 11.8 Å². The summed E-state index contributed by atoms with van der Waals surface area (Å²) in [6, 6.07) is 0. The summed E-state index contributed by atoms with van der Waals surface area (Å²) in [5, 5.41) is 9.64. The second-order valence-corrected chi connectivity index (χ2v) is 7.68. The van der Waals surface area contributed by atoms with Gasteiger partial charge in [-0.05, 0) is 31.9 Å². The second kappa shape index (κ2) is 6.22. The molecule has 0 saturated carbocycles. The summed E-state index contributed by atoms with van der Waals surface area (Å²) >= 11 is 3.34. The Morgan fingerprint density at radius 2 is 2.47 bits per heavy atom. The first-order chi connectivity index (χ1) is 9.04. The zero-order valence-corrected chi connectivity index (χ0v) is 13.0. The highest BCUT2D eigenvalue weighted by Gasteiger charge is 2.31. The van der Waals surface area contributed by atoms with Crippen molar-refractivity contribution in [2.75, 3.05) is 11.5 Å². The first-order valence-corrected chi connectivity index (χ1v) is 8.54. The molecule has 2 rings (SSSR count). The van der Waals surface area contributed by atoms with Crippen molar-refractivity contribution < 1.29 is 9.90 Å². The number of carboxylic acids is 1. The van der Waals surface area contributed by atoms with E-state index in [2.05, 4.69) is 23.4 Å². The van der Waals surface area contributed by atoms with E-state index in [1.165, 1.54) is 36.1 Å². The van der Waals surface area contributed by atoms with Crippen molar-refractivity contribution in [3.63, 3.8) is 0 Å². The first-order valence-electron chi connectivity index (χ1n) is 6.57. The molecule has 1 fully saturated rings. The molecule has 0 aliphatic carbocycles. The Balaban J connectivity index is 2.16. The highest BCUT2D eigenvalue weighted by molar-refractivity contribution is 8.00. The molecule has 1 aromatic rings. The maximum Gasteiger partial charge on any atom is 0.313 e. The van der Waals surface area contributed by atoms with Crippen molar-refractivity contribution in [1.29, 1.82) is 0 Å². The summed E-state index contributed by atoms with van der Waals surface area (Å²) in [5.41, 5.74) is 1.20. The van der Waals surface area contributed by atoms with E-state index in [4.69, 9.17) is 5.11 Å².